The third kappa shape index (κ3) is 3.38. The van der Waals surface area contributed by atoms with Crippen molar-refractivity contribution in [3.63, 3.8) is 0 Å². The van der Waals surface area contributed by atoms with Crippen molar-refractivity contribution in [2.45, 2.75) is 17.0 Å². The number of nitrogens with zero attached hydrogens (tertiary/aromatic N) is 4. The van der Waals surface area contributed by atoms with Crippen LogP contribution in [0.1, 0.15) is 11.8 Å². The maximum absolute atomic E-state index is 13.6. The van der Waals surface area contributed by atoms with Crippen LogP contribution in [0, 0.1) is 11.6 Å². The minimum Gasteiger partial charge on any atom is -0.449 e. The van der Waals surface area contributed by atoms with Gasteiger partial charge in [0.15, 0.2) is 22.6 Å². The van der Waals surface area contributed by atoms with Gasteiger partial charge in [-0.3, -0.25) is 0 Å². The molecule has 1 aliphatic heterocycles. The quantitative estimate of drug-likeness (QED) is 0.693. The fourth-order valence-corrected chi connectivity index (χ4v) is 4.69. The third-order valence-electron chi connectivity index (χ3n) is 4.61. The number of sulfonamides is 1. The van der Waals surface area contributed by atoms with Crippen molar-refractivity contribution >= 4 is 15.7 Å². The van der Waals surface area contributed by atoms with Gasteiger partial charge < -0.3 is 14.3 Å². The van der Waals surface area contributed by atoms with E-state index in [0.717, 1.165) is 12.1 Å². The molecule has 1 saturated heterocycles. The average Bonchev–Trinajstić information content (AvgIpc) is 3.38. The normalized spacial score (nSPS) is 20.5. The topological polar surface area (TPSA) is 93.3 Å². The molecule has 3 heterocycles. The summed E-state index contributed by atoms with van der Waals surface area (Å²) in [6.45, 7) is 0.200. The van der Waals surface area contributed by atoms with E-state index in [1.54, 1.807) is 11.6 Å². The smallest absolute Gasteiger partial charge is 0.262 e. The second-order valence-electron chi connectivity index (χ2n) is 6.56. The summed E-state index contributed by atoms with van der Waals surface area (Å²) < 4.78 is 60.8. The molecular weight excluding hydrogens is 392 g/mol. The molecule has 0 saturated carbocycles. The lowest BCUT2D eigenvalue weighted by Crippen LogP contribution is -2.32. The van der Waals surface area contributed by atoms with Crippen molar-refractivity contribution in [3.05, 3.63) is 60.7 Å². The first-order valence-electron chi connectivity index (χ1n) is 8.43. The van der Waals surface area contributed by atoms with Crippen LogP contribution >= 0.6 is 0 Å². The third-order valence-corrected chi connectivity index (χ3v) is 6.33. The first-order valence-corrected chi connectivity index (χ1v) is 9.87. The fraction of sp³-hybridized carbons (Fsp3) is 0.294. The highest BCUT2D eigenvalue weighted by atomic mass is 32.2. The van der Waals surface area contributed by atoms with Crippen LogP contribution in [0.4, 0.5) is 14.5 Å². The maximum Gasteiger partial charge on any atom is 0.262 e. The van der Waals surface area contributed by atoms with Crippen molar-refractivity contribution in [2.75, 3.05) is 18.4 Å². The van der Waals surface area contributed by atoms with Gasteiger partial charge in [-0.25, -0.2) is 27.2 Å². The molecule has 0 amide bonds. The van der Waals surface area contributed by atoms with Crippen molar-refractivity contribution in [1.29, 1.82) is 0 Å². The number of benzene rings is 1. The van der Waals surface area contributed by atoms with E-state index < -0.39 is 33.6 Å². The molecule has 1 fully saturated rings. The van der Waals surface area contributed by atoms with E-state index in [0.29, 0.717) is 11.6 Å². The van der Waals surface area contributed by atoms with Gasteiger partial charge in [-0.15, -0.1) is 0 Å². The lowest BCUT2D eigenvalue weighted by molar-refractivity contribution is 0.431. The van der Waals surface area contributed by atoms with Gasteiger partial charge in [0.05, 0.1) is 24.5 Å². The molecule has 28 heavy (non-hydrogen) atoms. The van der Waals surface area contributed by atoms with Gasteiger partial charge in [-0.2, -0.15) is 4.31 Å². The SMILES string of the molecule is Cn1cnc(S(=O)(=O)N2C[C@H](Nc3ccc(F)c(F)c3)[C@@H](c3ncco3)C2)c1. The lowest BCUT2D eigenvalue weighted by Gasteiger charge is -2.19. The van der Waals surface area contributed by atoms with Crippen LogP contribution in [0.3, 0.4) is 0 Å². The molecule has 3 aromatic rings. The Hall–Kier alpha value is -2.79. The number of rotatable bonds is 5. The van der Waals surface area contributed by atoms with Crippen LogP contribution in [0.5, 0.6) is 0 Å². The largest absolute Gasteiger partial charge is 0.449 e. The number of aryl methyl sites for hydroxylation is 1. The molecular formula is C17H17F2N5O3S. The minimum atomic E-state index is -3.82. The minimum absolute atomic E-state index is 0.0605. The zero-order valence-corrected chi connectivity index (χ0v) is 15.6. The molecule has 0 unspecified atom stereocenters. The van der Waals surface area contributed by atoms with Crippen LogP contribution < -0.4 is 5.32 Å². The number of anilines is 1. The lowest BCUT2D eigenvalue weighted by atomic mass is 10.0. The van der Waals surface area contributed by atoms with Crippen molar-refractivity contribution in [3.8, 4) is 0 Å². The van der Waals surface area contributed by atoms with Gasteiger partial charge in [0.2, 0.25) is 0 Å². The Morgan fingerprint density at radius 3 is 2.68 bits per heavy atom. The number of hydrogen-bond donors (Lipinski definition) is 1. The van der Waals surface area contributed by atoms with Gasteiger partial charge >= 0.3 is 0 Å². The summed E-state index contributed by atoms with van der Waals surface area (Å²) in [4.78, 5) is 8.07. The fourth-order valence-electron chi connectivity index (χ4n) is 3.23. The summed E-state index contributed by atoms with van der Waals surface area (Å²) in [6.07, 6.45) is 5.71. The van der Waals surface area contributed by atoms with Crippen LogP contribution in [0.25, 0.3) is 0 Å². The second-order valence-corrected chi connectivity index (χ2v) is 8.44. The molecule has 148 valence electrons. The Labute approximate surface area is 159 Å². The highest BCUT2D eigenvalue weighted by Crippen LogP contribution is 2.32. The Morgan fingerprint density at radius 1 is 1.21 bits per heavy atom. The van der Waals surface area contributed by atoms with Gasteiger partial charge in [-0.05, 0) is 12.1 Å². The van der Waals surface area contributed by atoms with Crippen LogP contribution in [-0.4, -0.2) is 46.4 Å². The summed E-state index contributed by atoms with van der Waals surface area (Å²) in [5, 5.41) is 3.01. The van der Waals surface area contributed by atoms with E-state index in [4.69, 9.17) is 4.42 Å². The van der Waals surface area contributed by atoms with E-state index in [9.17, 15) is 17.2 Å². The predicted molar refractivity (Wildman–Crippen MR) is 95.0 cm³/mol. The number of oxazole rings is 1. The molecule has 1 aromatic carbocycles. The average molecular weight is 409 g/mol. The van der Waals surface area contributed by atoms with E-state index in [1.165, 1.54) is 35.4 Å². The van der Waals surface area contributed by atoms with Crippen molar-refractivity contribution in [2.24, 2.45) is 7.05 Å². The van der Waals surface area contributed by atoms with Crippen molar-refractivity contribution in [1.82, 2.24) is 18.8 Å². The van der Waals surface area contributed by atoms with Gasteiger partial charge in [0, 0.05) is 38.1 Å². The Bertz CT molecular complexity index is 1080. The van der Waals surface area contributed by atoms with Gasteiger partial charge in [0.1, 0.15) is 6.26 Å². The molecule has 0 spiro atoms. The van der Waals surface area contributed by atoms with Crippen LogP contribution in [0.2, 0.25) is 0 Å². The summed E-state index contributed by atoms with van der Waals surface area (Å²) in [6, 6.07) is 2.97. The summed E-state index contributed by atoms with van der Waals surface area (Å²) in [5.41, 5.74) is 0.331. The zero-order valence-electron chi connectivity index (χ0n) is 14.8. The number of hydrogen-bond acceptors (Lipinski definition) is 6. The molecule has 8 nitrogen and oxygen atoms in total. The highest BCUT2D eigenvalue weighted by molar-refractivity contribution is 7.89. The number of halogens is 2. The molecule has 0 aliphatic carbocycles. The van der Waals surface area contributed by atoms with Crippen molar-refractivity contribution < 1.29 is 21.6 Å². The number of aromatic nitrogens is 3. The maximum atomic E-state index is 13.6. The molecule has 0 radical (unpaired) electrons. The molecule has 11 heteroatoms. The molecule has 0 bridgehead atoms. The van der Waals surface area contributed by atoms with Crippen LogP contribution in [-0.2, 0) is 17.1 Å². The molecule has 2 aromatic heterocycles. The Morgan fingerprint density at radius 2 is 2.04 bits per heavy atom. The van der Waals surface area contributed by atoms with Gasteiger partial charge in [-0.1, -0.05) is 0 Å². The first kappa shape index (κ1) is 18.6. The highest BCUT2D eigenvalue weighted by Gasteiger charge is 2.43. The van der Waals surface area contributed by atoms with Gasteiger partial charge in [0.25, 0.3) is 10.0 Å². The second kappa shape index (κ2) is 6.99. The number of nitrogens with one attached hydrogen (secondary N) is 1. The summed E-state index contributed by atoms with van der Waals surface area (Å²) >= 11 is 0. The standard InChI is InChI=1S/C17H17F2N5O3S/c1-23-9-16(21-10-23)28(25,26)24-7-12(17-20-4-5-27-17)15(8-24)22-11-2-3-13(18)14(19)6-11/h2-6,9-10,12,15,22H,7-8H2,1H3/t12-,15-/m0/s1. The van der Waals surface area contributed by atoms with E-state index in [2.05, 4.69) is 15.3 Å². The first-order chi connectivity index (χ1) is 13.3. The Balaban J connectivity index is 1.63. The molecule has 4 rings (SSSR count). The summed E-state index contributed by atoms with van der Waals surface area (Å²) in [7, 11) is -2.14. The molecule has 2 atom stereocenters. The monoisotopic (exact) mass is 409 g/mol. The van der Waals surface area contributed by atoms with E-state index in [-0.39, 0.29) is 18.1 Å². The predicted octanol–water partition coefficient (Wildman–Crippen LogP) is 1.96. The van der Waals surface area contributed by atoms with E-state index in [1.807, 2.05) is 0 Å². The zero-order chi connectivity index (χ0) is 19.9. The van der Waals surface area contributed by atoms with Crippen LogP contribution in [0.15, 0.2) is 52.6 Å². The van der Waals surface area contributed by atoms with E-state index >= 15 is 0 Å². The molecule has 1 aliphatic rings. The molecule has 1 N–H and O–H groups in total. The Kier molecular flexibility index (Phi) is 4.63. The summed E-state index contributed by atoms with van der Waals surface area (Å²) in [5.74, 6) is -2.00. The number of imidazole rings is 1.